The number of alkyl halides is 1. The monoisotopic (exact) mass is 459 g/mol. The summed E-state index contributed by atoms with van der Waals surface area (Å²) in [5.74, 6) is -0.952. The van der Waals surface area contributed by atoms with Crippen molar-refractivity contribution >= 4 is 16.8 Å². The summed E-state index contributed by atoms with van der Waals surface area (Å²) in [6.45, 7) is 8.69. The fourth-order valence-corrected chi connectivity index (χ4v) is 4.92. The summed E-state index contributed by atoms with van der Waals surface area (Å²) in [4.78, 5) is 19.4. The van der Waals surface area contributed by atoms with E-state index in [-0.39, 0.29) is 29.3 Å². The van der Waals surface area contributed by atoms with E-state index in [2.05, 4.69) is 15.2 Å². The highest BCUT2D eigenvalue weighted by Crippen LogP contribution is 2.38. The number of carbonyl (C=O) groups is 1. The van der Waals surface area contributed by atoms with Gasteiger partial charge in [-0.15, -0.1) is 0 Å². The summed E-state index contributed by atoms with van der Waals surface area (Å²) in [6, 6.07) is 4.69. The number of hydrogen-bond donors (Lipinski definition) is 2. The largest absolute Gasteiger partial charge is 0.390 e. The van der Waals surface area contributed by atoms with E-state index in [0.29, 0.717) is 24.8 Å². The number of hydrogen-bond acceptors (Lipinski definition) is 4. The highest BCUT2D eigenvalue weighted by molar-refractivity contribution is 5.98. The first-order valence-electron chi connectivity index (χ1n) is 12.1. The van der Waals surface area contributed by atoms with Crippen LogP contribution >= 0.6 is 0 Å². The third-order valence-corrected chi connectivity index (χ3v) is 7.47. The fraction of sp³-hybridized carbons (Fsp3) is 0.615. The number of benzene rings is 1. The Hall–Kier alpha value is -2.12. The number of rotatable bonds is 6. The first-order chi connectivity index (χ1) is 15.6. The van der Waals surface area contributed by atoms with Gasteiger partial charge >= 0.3 is 0 Å². The number of amides is 1. The molecule has 0 spiro atoms. The quantitative estimate of drug-likeness (QED) is 0.636. The van der Waals surface area contributed by atoms with Crippen molar-refractivity contribution in [2.24, 2.45) is 5.92 Å². The number of aliphatic hydroxyl groups is 1. The summed E-state index contributed by atoms with van der Waals surface area (Å²) in [7, 11) is 0. The molecule has 1 aliphatic carbocycles. The minimum Gasteiger partial charge on any atom is -0.390 e. The van der Waals surface area contributed by atoms with E-state index in [4.69, 9.17) is 0 Å². The smallest absolute Gasteiger partial charge is 0.251 e. The van der Waals surface area contributed by atoms with Gasteiger partial charge in [-0.2, -0.15) is 0 Å². The molecule has 33 heavy (non-hydrogen) atoms. The molecule has 7 heteroatoms. The summed E-state index contributed by atoms with van der Waals surface area (Å²) >= 11 is 0. The van der Waals surface area contributed by atoms with Crippen LogP contribution in [0.3, 0.4) is 0 Å². The molecule has 2 N–H and O–H groups in total. The van der Waals surface area contributed by atoms with Gasteiger partial charge in [-0.05, 0) is 75.3 Å². The number of fused-ring (bicyclic) bond motifs is 2. The van der Waals surface area contributed by atoms with Crippen LogP contribution in [0.1, 0.15) is 68.1 Å². The molecule has 1 unspecified atom stereocenters. The third kappa shape index (κ3) is 5.35. The Kier molecular flexibility index (Phi) is 6.74. The minimum atomic E-state index is -1.28. The summed E-state index contributed by atoms with van der Waals surface area (Å²) in [5, 5.41) is 13.4. The van der Waals surface area contributed by atoms with Crippen molar-refractivity contribution < 1.29 is 18.7 Å². The van der Waals surface area contributed by atoms with Gasteiger partial charge in [-0.3, -0.25) is 4.79 Å². The van der Waals surface area contributed by atoms with Crippen LogP contribution in [0.25, 0.3) is 10.9 Å². The van der Waals surface area contributed by atoms with E-state index in [1.165, 1.54) is 6.07 Å². The molecule has 2 heterocycles. The maximum absolute atomic E-state index is 15.2. The second kappa shape index (κ2) is 9.26. The van der Waals surface area contributed by atoms with E-state index in [9.17, 15) is 14.3 Å². The van der Waals surface area contributed by atoms with Crippen molar-refractivity contribution in [2.75, 3.05) is 26.2 Å². The van der Waals surface area contributed by atoms with Gasteiger partial charge in [0.05, 0.1) is 5.60 Å². The van der Waals surface area contributed by atoms with E-state index >= 15 is 4.39 Å². The van der Waals surface area contributed by atoms with Crippen molar-refractivity contribution in [3.8, 4) is 0 Å². The number of aromatic nitrogens is 1. The van der Waals surface area contributed by atoms with Crippen LogP contribution < -0.4 is 5.32 Å². The second-order valence-corrected chi connectivity index (χ2v) is 10.4. The number of aryl methyl sites for hydroxylation is 1. The van der Waals surface area contributed by atoms with Crippen molar-refractivity contribution in [3.05, 3.63) is 40.8 Å². The highest BCUT2D eigenvalue weighted by atomic mass is 19.1. The van der Waals surface area contributed by atoms with Crippen LogP contribution in [-0.2, 0) is 12.8 Å². The predicted octanol–water partition coefficient (Wildman–Crippen LogP) is 4.19. The van der Waals surface area contributed by atoms with Crippen LogP contribution in [0.4, 0.5) is 8.78 Å². The number of pyridine rings is 1. The standard InChI is InChI=1S/C26H35F2N3O2/c1-17(2)26(28)6-5-22-20(16-26)14-18-13-19(15-21(27)23(18)30-22)24(32)29-9-4-10-31-11-7-25(3,33)8-12-31/h13-15,17,33H,4-12,16H2,1-3H3,(H,29,32). The molecule has 1 amide bonds. The lowest BCUT2D eigenvalue weighted by atomic mass is 9.77. The number of nitrogens with zero attached hydrogens (tertiary/aromatic N) is 2. The number of halogens is 2. The zero-order chi connectivity index (χ0) is 23.8. The maximum Gasteiger partial charge on any atom is 0.251 e. The molecule has 5 nitrogen and oxygen atoms in total. The van der Waals surface area contributed by atoms with Gasteiger partial charge in [0.25, 0.3) is 5.91 Å². The molecule has 180 valence electrons. The first-order valence-corrected chi connectivity index (χ1v) is 12.1. The van der Waals surface area contributed by atoms with E-state index < -0.39 is 17.1 Å². The molecule has 0 bridgehead atoms. The summed E-state index contributed by atoms with van der Waals surface area (Å²) in [6.07, 6.45) is 3.47. The number of carbonyl (C=O) groups excluding carboxylic acids is 1. The fourth-order valence-electron chi connectivity index (χ4n) is 4.92. The highest BCUT2D eigenvalue weighted by Gasteiger charge is 2.38. The second-order valence-electron chi connectivity index (χ2n) is 10.4. The lowest BCUT2D eigenvalue weighted by Crippen LogP contribution is -2.43. The van der Waals surface area contributed by atoms with E-state index in [0.717, 1.165) is 50.2 Å². The van der Waals surface area contributed by atoms with Crippen LogP contribution in [0, 0.1) is 11.7 Å². The maximum atomic E-state index is 15.2. The van der Waals surface area contributed by atoms with Gasteiger partial charge in [0, 0.05) is 42.7 Å². The Bertz CT molecular complexity index is 1030. The van der Waals surface area contributed by atoms with E-state index in [1.807, 2.05) is 20.8 Å². The van der Waals surface area contributed by atoms with Crippen molar-refractivity contribution in [1.29, 1.82) is 0 Å². The summed E-state index contributed by atoms with van der Waals surface area (Å²) in [5.41, 5.74) is 0.206. The third-order valence-electron chi connectivity index (χ3n) is 7.47. The first kappa shape index (κ1) is 24.0. The van der Waals surface area contributed by atoms with Crippen molar-refractivity contribution in [3.63, 3.8) is 0 Å². The van der Waals surface area contributed by atoms with Gasteiger partial charge < -0.3 is 15.3 Å². The lowest BCUT2D eigenvalue weighted by molar-refractivity contribution is -0.00534. The molecule has 0 radical (unpaired) electrons. The van der Waals surface area contributed by atoms with Crippen LogP contribution in [0.2, 0.25) is 0 Å². The van der Waals surface area contributed by atoms with Gasteiger partial charge in [0.1, 0.15) is 17.0 Å². The number of likely N-dealkylation sites (tertiary alicyclic amines) is 1. The Balaban J connectivity index is 1.40. The van der Waals surface area contributed by atoms with Crippen molar-refractivity contribution in [2.45, 2.75) is 70.6 Å². The molecule has 0 saturated carbocycles. The Labute approximate surface area is 194 Å². The van der Waals surface area contributed by atoms with Gasteiger partial charge in [-0.25, -0.2) is 13.8 Å². The SMILES string of the molecule is CC(C)C1(F)CCc2nc3c(F)cc(C(=O)NCCCN4CCC(C)(O)CC4)cc3cc2C1. The molecule has 1 aromatic carbocycles. The molecule has 1 aromatic heterocycles. The van der Waals surface area contributed by atoms with Crippen LogP contribution in [0.5, 0.6) is 0 Å². The molecular formula is C26H35F2N3O2. The summed E-state index contributed by atoms with van der Waals surface area (Å²) < 4.78 is 30.0. The predicted molar refractivity (Wildman–Crippen MR) is 126 cm³/mol. The molecule has 2 aliphatic rings. The zero-order valence-corrected chi connectivity index (χ0v) is 19.9. The van der Waals surface area contributed by atoms with Crippen molar-refractivity contribution in [1.82, 2.24) is 15.2 Å². The van der Waals surface area contributed by atoms with Gasteiger partial charge in [0.2, 0.25) is 0 Å². The van der Waals surface area contributed by atoms with Gasteiger partial charge in [-0.1, -0.05) is 13.8 Å². The lowest BCUT2D eigenvalue weighted by Gasteiger charge is -2.35. The average Bonchev–Trinajstić information content (AvgIpc) is 2.76. The number of piperidine rings is 1. The van der Waals surface area contributed by atoms with Gasteiger partial charge in [0.15, 0.2) is 0 Å². The Morgan fingerprint density at radius 3 is 2.67 bits per heavy atom. The normalized spacial score (nSPS) is 23.0. The van der Waals surface area contributed by atoms with Crippen LogP contribution in [-0.4, -0.2) is 58.3 Å². The molecular weight excluding hydrogens is 424 g/mol. The topological polar surface area (TPSA) is 65.5 Å². The molecule has 4 rings (SSSR count). The van der Waals surface area contributed by atoms with E-state index in [1.54, 1.807) is 12.1 Å². The average molecular weight is 460 g/mol. The molecule has 1 fully saturated rings. The zero-order valence-electron chi connectivity index (χ0n) is 19.9. The molecule has 1 aliphatic heterocycles. The Morgan fingerprint density at radius 1 is 1.24 bits per heavy atom. The number of nitrogens with one attached hydrogen (secondary N) is 1. The minimum absolute atomic E-state index is 0.103. The molecule has 1 atom stereocenters. The Morgan fingerprint density at radius 2 is 1.97 bits per heavy atom. The molecule has 2 aromatic rings. The molecule has 1 saturated heterocycles. The van der Waals surface area contributed by atoms with Crippen LogP contribution in [0.15, 0.2) is 18.2 Å².